The van der Waals surface area contributed by atoms with Crippen molar-refractivity contribution in [1.82, 2.24) is 0 Å². The Morgan fingerprint density at radius 2 is 1.92 bits per heavy atom. The highest BCUT2D eigenvalue weighted by atomic mass is 16.5. The largest absolute Gasteiger partial charge is 0.497 e. The molecule has 0 amide bonds. The lowest BCUT2D eigenvalue weighted by atomic mass is 10.1. The summed E-state index contributed by atoms with van der Waals surface area (Å²) in [6.45, 7) is 10.3. The van der Waals surface area contributed by atoms with Gasteiger partial charge in [-0.25, -0.2) is 0 Å². The first-order chi connectivity index (χ1) is 6.24. The monoisotopic (exact) mass is 184 g/mol. The second-order valence-corrected chi connectivity index (χ2v) is 2.64. The summed E-state index contributed by atoms with van der Waals surface area (Å²) in [6, 6.07) is 0. The van der Waals surface area contributed by atoms with E-state index in [1.54, 1.807) is 7.11 Å². The lowest BCUT2D eigenvalue weighted by Gasteiger charge is -2.01. The minimum Gasteiger partial charge on any atom is -0.497 e. The fourth-order valence-electron chi connectivity index (χ4n) is 0.677. The number of hydrogen-bond acceptors (Lipinski definition) is 1. The second kappa shape index (κ2) is 11.3. The smallest absolute Gasteiger partial charge is 0.114 e. The van der Waals surface area contributed by atoms with Gasteiger partial charge in [-0.1, -0.05) is 40.2 Å². The first-order valence-electron chi connectivity index (χ1n) is 5.13. The molecule has 78 valence electrons. The average molecular weight is 184 g/mol. The van der Waals surface area contributed by atoms with E-state index in [1.165, 1.54) is 6.42 Å². The zero-order chi connectivity index (χ0) is 10.7. The molecule has 1 atom stereocenters. The van der Waals surface area contributed by atoms with Gasteiger partial charge in [0.15, 0.2) is 0 Å². The summed E-state index contributed by atoms with van der Waals surface area (Å²) in [5.74, 6) is 1.57. The third kappa shape index (κ3) is 9.19. The summed E-state index contributed by atoms with van der Waals surface area (Å²) in [6.07, 6.45) is 7.32. The Morgan fingerprint density at radius 3 is 2.23 bits per heavy atom. The predicted octanol–water partition coefficient (Wildman–Crippen LogP) is 4.17. The average Bonchev–Trinajstić information content (AvgIpc) is 2.22. The first-order valence-corrected chi connectivity index (χ1v) is 5.13. The molecule has 0 aliphatic rings. The molecule has 0 heterocycles. The minimum atomic E-state index is 0.639. The van der Waals surface area contributed by atoms with E-state index in [1.807, 2.05) is 32.9 Å². The SMILES string of the molecule is C/C=C(\C=C/C(C)CC)OC.CC. The summed E-state index contributed by atoms with van der Waals surface area (Å²) in [4.78, 5) is 0. The van der Waals surface area contributed by atoms with Crippen molar-refractivity contribution < 1.29 is 4.74 Å². The molecule has 0 aromatic heterocycles. The molecule has 1 heteroatoms. The van der Waals surface area contributed by atoms with Gasteiger partial charge >= 0.3 is 0 Å². The molecule has 0 spiro atoms. The number of methoxy groups -OCH3 is 1. The zero-order valence-corrected chi connectivity index (χ0v) is 9.92. The molecule has 0 saturated carbocycles. The molecule has 0 aliphatic heterocycles. The number of hydrogen-bond donors (Lipinski definition) is 0. The molecule has 0 radical (unpaired) electrons. The van der Waals surface area contributed by atoms with Gasteiger partial charge in [0.25, 0.3) is 0 Å². The van der Waals surface area contributed by atoms with E-state index >= 15 is 0 Å². The number of allylic oxidation sites excluding steroid dienone is 3. The van der Waals surface area contributed by atoms with Gasteiger partial charge in [0.1, 0.15) is 5.76 Å². The van der Waals surface area contributed by atoms with Crippen LogP contribution in [0.1, 0.15) is 41.0 Å². The predicted molar refractivity (Wildman–Crippen MR) is 60.7 cm³/mol. The van der Waals surface area contributed by atoms with Crippen molar-refractivity contribution in [3.8, 4) is 0 Å². The van der Waals surface area contributed by atoms with Crippen LogP contribution in [0.3, 0.4) is 0 Å². The standard InChI is InChI=1S/C10H18O.C2H6/c1-5-9(3)7-8-10(6-2)11-4;1-2/h6-9H,5H2,1-4H3;1-2H3/b8-7-,10-6+;. The van der Waals surface area contributed by atoms with Crippen molar-refractivity contribution in [1.29, 1.82) is 0 Å². The summed E-state index contributed by atoms with van der Waals surface area (Å²) in [7, 11) is 1.69. The Bertz CT molecular complexity index is 145. The maximum absolute atomic E-state index is 5.07. The highest BCUT2D eigenvalue weighted by Gasteiger charge is 1.91. The lowest BCUT2D eigenvalue weighted by Crippen LogP contribution is -1.86. The molecule has 0 aromatic carbocycles. The Morgan fingerprint density at radius 1 is 1.38 bits per heavy atom. The lowest BCUT2D eigenvalue weighted by molar-refractivity contribution is 0.305. The maximum atomic E-state index is 5.07. The molecular weight excluding hydrogens is 160 g/mol. The summed E-state index contributed by atoms with van der Waals surface area (Å²) in [5, 5.41) is 0. The van der Waals surface area contributed by atoms with Gasteiger partial charge in [0.2, 0.25) is 0 Å². The molecule has 0 aliphatic carbocycles. The topological polar surface area (TPSA) is 9.23 Å². The van der Waals surface area contributed by atoms with Crippen LogP contribution < -0.4 is 0 Å². The molecule has 1 unspecified atom stereocenters. The van der Waals surface area contributed by atoms with Crippen molar-refractivity contribution >= 4 is 0 Å². The van der Waals surface area contributed by atoms with E-state index in [0.717, 1.165) is 5.76 Å². The Labute approximate surface area is 83.5 Å². The second-order valence-electron chi connectivity index (χ2n) is 2.64. The van der Waals surface area contributed by atoms with Crippen LogP contribution in [0.15, 0.2) is 24.0 Å². The van der Waals surface area contributed by atoms with Gasteiger partial charge in [-0.15, -0.1) is 0 Å². The van der Waals surface area contributed by atoms with Crippen LogP contribution in [0.25, 0.3) is 0 Å². The van der Waals surface area contributed by atoms with E-state index in [2.05, 4.69) is 19.9 Å². The van der Waals surface area contributed by atoms with E-state index in [4.69, 9.17) is 4.74 Å². The fourth-order valence-corrected chi connectivity index (χ4v) is 0.677. The van der Waals surface area contributed by atoms with E-state index < -0.39 is 0 Å². The molecule has 0 rings (SSSR count). The quantitative estimate of drug-likeness (QED) is 0.471. The third-order valence-electron chi connectivity index (χ3n) is 1.75. The van der Waals surface area contributed by atoms with Crippen molar-refractivity contribution in [2.75, 3.05) is 7.11 Å². The van der Waals surface area contributed by atoms with Crippen molar-refractivity contribution in [2.24, 2.45) is 5.92 Å². The summed E-state index contributed by atoms with van der Waals surface area (Å²) in [5.41, 5.74) is 0. The van der Waals surface area contributed by atoms with Crippen LogP contribution in [0.4, 0.5) is 0 Å². The van der Waals surface area contributed by atoms with Crippen LogP contribution in [-0.4, -0.2) is 7.11 Å². The van der Waals surface area contributed by atoms with Gasteiger partial charge in [-0.05, 0) is 25.0 Å². The normalized spacial score (nSPS) is 13.5. The summed E-state index contributed by atoms with van der Waals surface area (Å²) >= 11 is 0. The van der Waals surface area contributed by atoms with Crippen LogP contribution in [0, 0.1) is 5.92 Å². The van der Waals surface area contributed by atoms with E-state index in [-0.39, 0.29) is 0 Å². The van der Waals surface area contributed by atoms with Crippen molar-refractivity contribution in [3.05, 3.63) is 24.0 Å². The van der Waals surface area contributed by atoms with E-state index in [0.29, 0.717) is 5.92 Å². The molecular formula is C12H24O. The van der Waals surface area contributed by atoms with Crippen molar-refractivity contribution in [3.63, 3.8) is 0 Å². The molecule has 13 heavy (non-hydrogen) atoms. The molecule has 0 fully saturated rings. The molecule has 0 saturated heterocycles. The van der Waals surface area contributed by atoms with Crippen LogP contribution >= 0.6 is 0 Å². The highest BCUT2D eigenvalue weighted by molar-refractivity contribution is 5.11. The molecule has 1 nitrogen and oxygen atoms in total. The third-order valence-corrected chi connectivity index (χ3v) is 1.75. The first kappa shape index (κ1) is 14.8. The minimum absolute atomic E-state index is 0.639. The summed E-state index contributed by atoms with van der Waals surface area (Å²) < 4.78 is 5.07. The molecule has 0 bridgehead atoms. The van der Waals surface area contributed by atoms with E-state index in [9.17, 15) is 0 Å². The van der Waals surface area contributed by atoms with Gasteiger partial charge in [-0.2, -0.15) is 0 Å². The zero-order valence-electron chi connectivity index (χ0n) is 9.92. The van der Waals surface area contributed by atoms with Gasteiger partial charge in [0, 0.05) is 0 Å². The Kier molecular flexibility index (Phi) is 12.8. The molecule has 0 N–H and O–H groups in total. The Balaban J connectivity index is 0. The highest BCUT2D eigenvalue weighted by Crippen LogP contribution is 2.05. The number of rotatable bonds is 4. The van der Waals surface area contributed by atoms with Crippen LogP contribution in [0.2, 0.25) is 0 Å². The molecule has 0 aromatic rings. The van der Waals surface area contributed by atoms with Gasteiger partial charge in [0.05, 0.1) is 7.11 Å². The van der Waals surface area contributed by atoms with Gasteiger partial charge in [-0.3, -0.25) is 0 Å². The Hall–Kier alpha value is -0.720. The van der Waals surface area contributed by atoms with Crippen molar-refractivity contribution in [2.45, 2.75) is 41.0 Å². The number of ether oxygens (including phenoxy) is 1. The maximum Gasteiger partial charge on any atom is 0.114 e. The van der Waals surface area contributed by atoms with Crippen LogP contribution in [0.5, 0.6) is 0 Å². The fraction of sp³-hybridized carbons (Fsp3) is 0.667. The van der Waals surface area contributed by atoms with Gasteiger partial charge < -0.3 is 4.74 Å². The van der Waals surface area contributed by atoms with Crippen LogP contribution in [-0.2, 0) is 4.74 Å².